The van der Waals surface area contributed by atoms with Crippen LogP contribution in [0.1, 0.15) is 0 Å². The Morgan fingerprint density at radius 2 is 0.679 bits per heavy atom. The molecule has 1 aliphatic rings. The van der Waals surface area contributed by atoms with Gasteiger partial charge in [-0.25, -0.2) is 24.9 Å². The van der Waals surface area contributed by atoms with Crippen LogP contribution < -0.4 is 0 Å². The van der Waals surface area contributed by atoms with Gasteiger partial charge in [-0.2, -0.15) is 0 Å². The van der Waals surface area contributed by atoms with Gasteiger partial charge in [0.05, 0.1) is 11.4 Å². The van der Waals surface area contributed by atoms with Crippen LogP contribution >= 0.6 is 23.5 Å². The van der Waals surface area contributed by atoms with Gasteiger partial charge < -0.3 is 0 Å². The molecule has 0 radical (unpaired) electrons. The Morgan fingerprint density at radius 3 is 1.25 bits per heavy atom. The van der Waals surface area contributed by atoms with E-state index < -0.39 is 0 Å². The standard InChI is InChI=1S/C49H31N5S2/c1-5-15-32(16-6-1)40-31-41(51-46(50-40)33-17-7-2-8-18-33)37-25-27-38(36-26-28-44-45(30-36)56-43-24-14-13-23-42(43)55-44)39(29-37)49-53-47(34-19-9-3-10-20-34)52-48(54-49)35-21-11-4-12-22-35/h1-31H. The average molecular weight is 754 g/mol. The van der Waals surface area contributed by atoms with Gasteiger partial charge in [0, 0.05) is 53.0 Å². The average Bonchev–Trinajstić information content (AvgIpc) is 3.29. The zero-order valence-corrected chi connectivity index (χ0v) is 31.6. The molecule has 0 amide bonds. The maximum atomic E-state index is 5.20. The Morgan fingerprint density at radius 1 is 0.250 bits per heavy atom. The summed E-state index contributed by atoms with van der Waals surface area (Å²) in [5.41, 5.74) is 9.38. The molecule has 2 aromatic heterocycles. The van der Waals surface area contributed by atoms with Crippen LogP contribution in [0.5, 0.6) is 0 Å². The molecule has 0 fully saturated rings. The maximum Gasteiger partial charge on any atom is 0.164 e. The quantitative estimate of drug-likeness (QED) is 0.161. The highest BCUT2D eigenvalue weighted by atomic mass is 32.2. The summed E-state index contributed by atoms with van der Waals surface area (Å²) in [6, 6.07) is 64.5. The van der Waals surface area contributed by atoms with E-state index in [0.29, 0.717) is 23.3 Å². The van der Waals surface area contributed by atoms with Crippen LogP contribution in [0.3, 0.4) is 0 Å². The summed E-state index contributed by atoms with van der Waals surface area (Å²) < 4.78 is 0. The fourth-order valence-corrected chi connectivity index (χ4v) is 9.09. The zero-order chi connectivity index (χ0) is 37.3. The van der Waals surface area contributed by atoms with Crippen molar-refractivity contribution in [2.24, 2.45) is 0 Å². The molecule has 5 nitrogen and oxygen atoms in total. The zero-order valence-electron chi connectivity index (χ0n) is 30.0. The summed E-state index contributed by atoms with van der Waals surface area (Å²) in [5, 5.41) is 0. The molecule has 0 bridgehead atoms. The predicted octanol–water partition coefficient (Wildman–Crippen LogP) is 12.9. The SMILES string of the molecule is c1ccc(-c2cc(-c3ccc(-c4ccc5c(c4)Sc4ccccc4S5)c(-c4nc(-c5ccccc5)nc(-c5ccccc5)n4)c3)nc(-c3ccccc3)n2)cc1. The molecule has 10 rings (SSSR count). The summed E-state index contributed by atoms with van der Waals surface area (Å²) in [7, 11) is 0. The van der Waals surface area contributed by atoms with Crippen LogP contribution in [0, 0.1) is 0 Å². The number of hydrogen-bond acceptors (Lipinski definition) is 7. The molecule has 0 spiro atoms. The van der Waals surface area contributed by atoms with E-state index in [4.69, 9.17) is 24.9 Å². The Balaban J connectivity index is 1.19. The van der Waals surface area contributed by atoms with Crippen LogP contribution in [0.4, 0.5) is 0 Å². The molecule has 7 aromatic carbocycles. The number of hydrogen-bond donors (Lipinski definition) is 0. The van der Waals surface area contributed by atoms with Crippen LogP contribution in [-0.4, -0.2) is 24.9 Å². The smallest absolute Gasteiger partial charge is 0.164 e. The highest BCUT2D eigenvalue weighted by molar-refractivity contribution is 8.05. The van der Waals surface area contributed by atoms with E-state index in [1.807, 2.05) is 133 Å². The fraction of sp³-hybridized carbons (Fsp3) is 0. The predicted molar refractivity (Wildman–Crippen MR) is 228 cm³/mol. The van der Waals surface area contributed by atoms with Crippen molar-refractivity contribution in [1.82, 2.24) is 24.9 Å². The minimum atomic E-state index is 0.584. The second-order valence-corrected chi connectivity index (χ2v) is 15.5. The molecule has 0 saturated heterocycles. The normalized spacial score (nSPS) is 11.8. The van der Waals surface area contributed by atoms with Gasteiger partial charge in [0.25, 0.3) is 0 Å². The Hall–Kier alpha value is -6.67. The monoisotopic (exact) mass is 753 g/mol. The highest BCUT2D eigenvalue weighted by Crippen LogP contribution is 2.50. The van der Waals surface area contributed by atoms with Crippen molar-refractivity contribution < 1.29 is 0 Å². The van der Waals surface area contributed by atoms with E-state index in [1.54, 1.807) is 0 Å². The first-order chi connectivity index (χ1) is 27.7. The van der Waals surface area contributed by atoms with E-state index in [-0.39, 0.29) is 0 Å². The molecule has 56 heavy (non-hydrogen) atoms. The topological polar surface area (TPSA) is 64.5 Å². The first-order valence-electron chi connectivity index (χ1n) is 18.3. The third-order valence-electron chi connectivity index (χ3n) is 9.63. The number of benzene rings is 7. The van der Waals surface area contributed by atoms with Crippen molar-refractivity contribution in [3.05, 3.63) is 188 Å². The summed E-state index contributed by atoms with van der Waals surface area (Å²) in [5.74, 6) is 2.47. The molecular formula is C49H31N5S2. The number of fused-ring (bicyclic) bond motifs is 2. The molecule has 0 atom stereocenters. The van der Waals surface area contributed by atoms with E-state index in [1.165, 1.54) is 19.6 Å². The van der Waals surface area contributed by atoms with Gasteiger partial charge in [0.2, 0.25) is 0 Å². The lowest BCUT2D eigenvalue weighted by Gasteiger charge is -2.20. The van der Waals surface area contributed by atoms with E-state index in [9.17, 15) is 0 Å². The van der Waals surface area contributed by atoms with Crippen molar-refractivity contribution >= 4 is 23.5 Å². The van der Waals surface area contributed by atoms with Gasteiger partial charge in [-0.3, -0.25) is 0 Å². The van der Waals surface area contributed by atoms with Crippen LogP contribution in [0.25, 0.3) is 79.2 Å². The lowest BCUT2D eigenvalue weighted by atomic mass is 9.95. The van der Waals surface area contributed by atoms with Crippen molar-refractivity contribution in [2.75, 3.05) is 0 Å². The van der Waals surface area contributed by atoms with Crippen LogP contribution in [0.2, 0.25) is 0 Å². The first kappa shape index (κ1) is 33.9. The molecule has 0 N–H and O–H groups in total. The number of aromatic nitrogens is 5. The molecule has 1 aliphatic heterocycles. The fourth-order valence-electron chi connectivity index (χ4n) is 6.83. The Labute approximate surface area is 333 Å². The van der Waals surface area contributed by atoms with E-state index in [0.717, 1.165) is 55.9 Å². The van der Waals surface area contributed by atoms with Crippen molar-refractivity contribution in [2.45, 2.75) is 19.6 Å². The van der Waals surface area contributed by atoms with Gasteiger partial charge >= 0.3 is 0 Å². The summed E-state index contributed by atoms with van der Waals surface area (Å²) in [6.07, 6.45) is 0. The number of nitrogens with zero attached hydrogens (tertiary/aromatic N) is 5. The molecule has 0 aliphatic carbocycles. The lowest BCUT2D eigenvalue weighted by Crippen LogP contribution is -2.02. The lowest BCUT2D eigenvalue weighted by molar-refractivity contribution is 1.07. The van der Waals surface area contributed by atoms with Crippen molar-refractivity contribution in [3.8, 4) is 79.2 Å². The highest BCUT2D eigenvalue weighted by Gasteiger charge is 2.21. The summed E-state index contributed by atoms with van der Waals surface area (Å²) in [6.45, 7) is 0. The molecular weight excluding hydrogens is 723 g/mol. The molecule has 9 aromatic rings. The summed E-state index contributed by atoms with van der Waals surface area (Å²) >= 11 is 3.63. The maximum absolute atomic E-state index is 5.20. The third kappa shape index (κ3) is 6.79. The van der Waals surface area contributed by atoms with Gasteiger partial charge in [-0.15, -0.1) is 0 Å². The van der Waals surface area contributed by atoms with Crippen molar-refractivity contribution in [1.29, 1.82) is 0 Å². The second-order valence-electron chi connectivity index (χ2n) is 13.3. The Bertz CT molecular complexity index is 2740. The van der Waals surface area contributed by atoms with Crippen LogP contribution in [-0.2, 0) is 0 Å². The Kier molecular flexibility index (Phi) is 8.99. The van der Waals surface area contributed by atoms with E-state index >= 15 is 0 Å². The molecule has 0 saturated carbocycles. The van der Waals surface area contributed by atoms with Gasteiger partial charge in [0.1, 0.15) is 0 Å². The van der Waals surface area contributed by atoms with Crippen molar-refractivity contribution in [3.63, 3.8) is 0 Å². The first-order valence-corrected chi connectivity index (χ1v) is 20.0. The molecule has 3 heterocycles. The number of rotatable bonds is 7. The third-order valence-corrected chi connectivity index (χ3v) is 12.2. The van der Waals surface area contributed by atoms with Gasteiger partial charge in [-0.05, 0) is 47.5 Å². The molecule has 0 unspecified atom stereocenters. The van der Waals surface area contributed by atoms with Gasteiger partial charge in [-0.1, -0.05) is 175 Å². The molecule has 264 valence electrons. The largest absolute Gasteiger partial charge is 0.228 e. The van der Waals surface area contributed by atoms with Gasteiger partial charge in [0.15, 0.2) is 23.3 Å². The van der Waals surface area contributed by atoms with Crippen LogP contribution in [0.15, 0.2) is 208 Å². The second kappa shape index (κ2) is 14.9. The molecule has 7 heteroatoms. The van der Waals surface area contributed by atoms with E-state index in [2.05, 4.69) is 78.9 Å². The minimum absolute atomic E-state index is 0.584. The minimum Gasteiger partial charge on any atom is -0.228 e. The summed E-state index contributed by atoms with van der Waals surface area (Å²) in [4.78, 5) is 30.6.